The van der Waals surface area contributed by atoms with Crippen molar-refractivity contribution in [3.8, 4) is 0 Å². The van der Waals surface area contributed by atoms with Gasteiger partial charge in [0, 0.05) is 25.0 Å². The summed E-state index contributed by atoms with van der Waals surface area (Å²) in [6.45, 7) is 5.54. The van der Waals surface area contributed by atoms with Crippen molar-refractivity contribution in [3.05, 3.63) is 30.0 Å². The number of nitrogens with one attached hydrogen (secondary N) is 1. The topological polar surface area (TPSA) is 39.1 Å². The van der Waals surface area contributed by atoms with E-state index in [0.29, 0.717) is 6.10 Å². The third-order valence-electron chi connectivity index (χ3n) is 4.26. The molecule has 1 saturated carbocycles. The van der Waals surface area contributed by atoms with Crippen LogP contribution < -0.4 is 5.32 Å². The molecule has 2 aromatic rings. The zero-order chi connectivity index (χ0) is 14.5. The summed E-state index contributed by atoms with van der Waals surface area (Å²) in [6.07, 6.45) is 5.65. The number of para-hydroxylation sites is 1. The lowest BCUT2D eigenvalue weighted by Crippen LogP contribution is -2.22. The van der Waals surface area contributed by atoms with Gasteiger partial charge in [0.25, 0.3) is 0 Å². The fourth-order valence-corrected chi connectivity index (χ4v) is 3.13. The second-order valence-electron chi connectivity index (χ2n) is 5.73. The lowest BCUT2D eigenvalue weighted by atomic mass is 10.2. The number of aryl methyl sites for hydroxylation is 1. The van der Waals surface area contributed by atoms with Gasteiger partial charge >= 0.3 is 0 Å². The Morgan fingerprint density at radius 2 is 2.10 bits per heavy atom. The van der Waals surface area contributed by atoms with Crippen LogP contribution in [0.5, 0.6) is 0 Å². The molecule has 0 spiro atoms. The smallest absolute Gasteiger partial charge is 0.0841 e. The largest absolute Gasteiger partial charge is 0.377 e. The molecule has 0 bridgehead atoms. The number of hydrogen-bond acceptors (Lipinski definition) is 3. The quantitative estimate of drug-likeness (QED) is 0.795. The maximum Gasteiger partial charge on any atom is 0.0841 e. The van der Waals surface area contributed by atoms with E-state index in [-0.39, 0.29) is 0 Å². The summed E-state index contributed by atoms with van der Waals surface area (Å²) in [6, 6.07) is 8.44. The predicted octanol–water partition coefficient (Wildman–Crippen LogP) is 3.11. The molecule has 114 valence electrons. The SMILES string of the molecule is CCn1nc(CNCCOC2CCCC2)c2ccccc21. The molecule has 0 radical (unpaired) electrons. The molecule has 1 aromatic heterocycles. The summed E-state index contributed by atoms with van der Waals surface area (Å²) in [5.74, 6) is 0. The first-order valence-electron chi connectivity index (χ1n) is 8.15. The molecule has 4 nitrogen and oxygen atoms in total. The van der Waals surface area contributed by atoms with E-state index in [0.717, 1.165) is 31.9 Å². The van der Waals surface area contributed by atoms with E-state index in [1.807, 2.05) is 0 Å². The van der Waals surface area contributed by atoms with Gasteiger partial charge in [-0.1, -0.05) is 31.0 Å². The van der Waals surface area contributed by atoms with Gasteiger partial charge in [-0.25, -0.2) is 0 Å². The van der Waals surface area contributed by atoms with Crippen LogP contribution in [0.4, 0.5) is 0 Å². The molecule has 21 heavy (non-hydrogen) atoms. The van der Waals surface area contributed by atoms with Crippen LogP contribution in [0.3, 0.4) is 0 Å². The summed E-state index contributed by atoms with van der Waals surface area (Å²) in [5, 5.41) is 9.40. The molecule has 1 aliphatic rings. The number of aromatic nitrogens is 2. The van der Waals surface area contributed by atoms with E-state index < -0.39 is 0 Å². The molecule has 3 rings (SSSR count). The van der Waals surface area contributed by atoms with E-state index in [1.54, 1.807) is 0 Å². The molecule has 1 heterocycles. The third-order valence-corrected chi connectivity index (χ3v) is 4.26. The Hall–Kier alpha value is -1.39. The Kier molecular flexibility index (Phi) is 4.88. The highest BCUT2D eigenvalue weighted by molar-refractivity contribution is 5.81. The van der Waals surface area contributed by atoms with Gasteiger partial charge in [-0.05, 0) is 25.8 Å². The second kappa shape index (κ2) is 7.05. The summed E-state index contributed by atoms with van der Waals surface area (Å²) in [7, 11) is 0. The molecule has 1 aliphatic carbocycles. The number of nitrogens with zero attached hydrogens (tertiary/aromatic N) is 2. The molecular weight excluding hydrogens is 262 g/mol. The summed E-state index contributed by atoms with van der Waals surface area (Å²) < 4.78 is 7.94. The Morgan fingerprint density at radius 1 is 1.29 bits per heavy atom. The fraction of sp³-hybridized carbons (Fsp3) is 0.588. The lowest BCUT2D eigenvalue weighted by Gasteiger charge is -2.11. The molecule has 0 unspecified atom stereocenters. The van der Waals surface area contributed by atoms with E-state index in [4.69, 9.17) is 9.84 Å². The number of hydrogen-bond donors (Lipinski definition) is 1. The summed E-state index contributed by atoms with van der Waals surface area (Å²) >= 11 is 0. The maximum atomic E-state index is 5.87. The first-order valence-corrected chi connectivity index (χ1v) is 8.15. The number of rotatable bonds is 7. The van der Waals surface area contributed by atoms with Crippen LogP contribution in [0, 0.1) is 0 Å². The van der Waals surface area contributed by atoms with Crippen molar-refractivity contribution in [2.75, 3.05) is 13.2 Å². The van der Waals surface area contributed by atoms with Gasteiger partial charge in [-0.2, -0.15) is 5.10 Å². The van der Waals surface area contributed by atoms with Crippen LogP contribution in [-0.4, -0.2) is 29.0 Å². The molecule has 1 aromatic carbocycles. The molecular formula is C17H25N3O. The highest BCUT2D eigenvalue weighted by Crippen LogP contribution is 2.20. The summed E-state index contributed by atoms with van der Waals surface area (Å²) in [4.78, 5) is 0. The molecule has 1 N–H and O–H groups in total. The van der Waals surface area contributed by atoms with E-state index in [2.05, 4.69) is 41.2 Å². The minimum absolute atomic E-state index is 0.506. The van der Waals surface area contributed by atoms with Crippen molar-refractivity contribution < 1.29 is 4.74 Å². The van der Waals surface area contributed by atoms with Gasteiger partial charge in [0.2, 0.25) is 0 Å². The second-order valence-corrected chi connectivity index (χ2v) is 5.73. The molecule has 0 amide bonds. The van der Waals surface area contributed by atoms with Crippen LogP contribution in [-0.2, 0) is 17.8 Å². The highest BCUT2D eigenvalue weighted by atomic mass is 16.5. The van der Waals surface area contributed by atoms with Gasteiger partial charge < -0.3 is 10.1 Å². The number of ether oxygens (including phenoxy) is 1. The van der Waals surface area contributed by atoms with E-state index in [9.17, 15) is 0 Å². The van der Waals surface area contributed by atoms with Gasteiger partial charge in [-0.3, -0.25) is 4.68 Å². The van der Waals surface area contributed by atoms with Crippen LogP contribution in [0.15, 0.2) is 24.3 Å². The average molecular weight is 287 g/mol. The monoisotopic (exact) mass is 287 g/mol. The van der Waals surface area contributed by atoms with Crippen molar-refractivity contribution in [1.82, 2.24) is 15.1 Å². The number of fused-ring (bicyclic) bond motifs is 1. The van der Waals surface area contributed by atoms with Crippen LogP contribution in [0.25, 0.3) is 10.9 Å². The lowest BCUT2D eigenvalue weighted by molar-refractivity contribution is 0.0602. The molecule has 1 fully saturated rings. The fourth-order valence-electron chi connectivity index (χ4n) is 3.13. The van der Waals surface area contributed by atoms with Gasteiger partial charge in [0.1, 0.15) is 0 Å². The van der Waals surface area contributed by atoms with Gasteiger partial charge in [0.15, 0.2) is 0 Å². The minimum atomic E-state index is 0.506. The molecule has 4 heteroatoms. The van der Waals surface area contributed by atoms with Crippen LogP contribution in [0.1, 0.15) is 38.3 Å². The molecule has 0 atom stereocenters. The third kappa shape index (κ3) is 3.44. The van der Waals surface area contributed by atoms with Crippen molar-refractivity contribution >= 4 is 10.9 Å². The van der Waals surface area contributed by atoms with Crippen molar-refractivity contribution in [3.63, 3.8) is 0 Å². The Balaban J connectivity index is 1.51. The van der Waals surface area contributed by atoms with Gasteiger partial charge in [-0.15, -0.1) is 0 Å². The van der Waals surface area contributed by atoms with Crippen molar-refractivity contribution in [1.29, 1.82) is 0 Å². The Labute approximate surface area is 126 Å². The maximum absolute atomic E-state index is 5.87. The van der Waals surface area contributed by atoms with Crippen molar-refractivity contribution in [2.24, 2.45) is 0 Å². The predicted molar refractivity (Wildman–Crippen MR) is 85.3 cm³/mol. The molecule has 0 aliphatic heterocycles. The minimum Gasteiger partial charge on any atom is -0.377 e. The zero-order valence-electron chi connectivity index (χ0n) is 12.8. The first kappa shape index (κ1) is 14.5. The normalized spacial score (nSPS) is 16.0. The van der Waals surface area contributed by atoms with Gasteiger partial charge in [0.05, 0.1) is 23.9 Å². The molecule has 0 saturated heterocycles. The zero-order valence-corrected chi connectivity index (χ0v) is 12.8. The Bertz CT molecular complexity index is 572. The summed E-state index contributed by atoms with van der Waals surface area (Å²) in [5.41, 5.74) is 2.35. The van der Waals surface area contributed by atoms with E-state index in [1.165, 1.54) is 36.6 Å². The average Bonchev–Trinajstić information content (AvgIpc) is 3.15. The Morgan fingerprint density at radius 3 is 2.90 bits per heavy atom. The van der Waals surface area contributed by atoms with Crippen molar-refractivity contribution in [2.45, 2.75) is 51.8 Å². The number of benzene rings is 1. The highest BCUT2D eigenvalue weighted by Gasteiger charge is 2.14. The van der Waals surface area contributed by atoms with Crippen LogP contribution in [0.2, 0.25) is 0 Å². The first-order chi connectivity index (χ1) is 10.4. The standard InChI is InChI=1S/C17H25N3O/c1-2-20-17-10-6-5-9-15(17)16(19-20)13-18-11-12-21-14-7-3-4-8-14/h5-6,9-10,14,18H,2-4,7-8,11-13H2,1H3. The van der Waals surface area contributed by atoms with Crippen LogP contribution >= 0.6 is 0 Å². The van der Waals surface area contributed by atoms with E-state index >= 15 is 0 Å².